The van der Waals surface area contributed by atoms with Crippen molar-refractivity contribution < 1.29 is 34.5 Å². The van der Waals surface area contributed by atoms with Crippen LogP contribution in [0.2, 0.25) is 0 Å². The second-order valence-corrected chi connectivity index (χ2v) is 4.98. The fraction of sp³-hybridized carbons (Fsp3) is 0.0588. The molecule has 0 aliphatic heterocycles. The first-order valence-electron chi connectivity index (χ1n) is 6.73. The summed E-state index contributed by atoms with van der Waals surface area (Å²) in [7, 11) is 0. The zero-order valence-corrected chi connectivity index (χ0v) is 12.4. The third-order valence-electron chi connectivity index (χ3n) is 3.45. The summed E-state index contributed by atoms with van der Waals surface area (Å²) in [6, 6.07) is 8.46. The van der Waals surface area contributed by atoms with Crippen molar-refractivity contribution >= 4 is 23.7 Å². The van der Waals surface area contributed by atoms with Crippen LogP contribution in [-0.4, -0.2) is 39.0 Å². The van der Waals surface area contributed by atoms with Gasteiger partial charge in [0.1, 0.15) is 0 Å². The lowest BCUT2D eigenvalue weighted by atomic mass is 9.87. The number of rotatable bonds is 5. The lowest BCUT2D eigenvalue weighted by molar-refractivity contribution is 0.0645. The zero-order valence-electron chi connectivity index (χ0n) is 12.4. The van der Waals surface area contributed by atoms with Gasteiger partial charge in [-0.1, -0.05) is 30.3 Å². The van der Waals surface area contributed by atoms with E-state index in [1.807, 2.05) is 0 Å². The zero-order chi connectivity index (χ0) is 18.0. The predicted molar refractivity (Wildman–Crippen MR) is 81.9 cm³/mol. The summed E-state index contributed by atoms with van der Waals surface area (Å²) in [5.41, 5.74) is -2.63. The first-order valence-corrected chi connectivity index (χ1v) is 6.73. The van der Waals surface area contributed by atoms with Crippen molar-refractivity contribution in [2.24, 2.45) is 0 Å². The van der Waals surface area contributed by atoms with E-state index < -0.39 is 45.9 Å². The number of aryl methyl sites for hydroxylation is 1. The molecule has 0 aliphatic rings. The Labute approximate surface area is 135 Å². The molecule has 2 aromatic carbocycles. The molecule has 24 heavy (non-hydrogen) atoms. The van der Waals surface area contributed by atoms with Crippen LogP contribution in [0.15, 0.2) is 36.4 Å². The minimum atomic E-state index is -1.68. The number of benzene rings is 2. The average molecular weight is 328 g/mol. The first-order chi connectivity index (χ1) is 11.3. The number of aromatic carboxylic acids is 3. The molecule has 0 spiro atoms. The third kappa shape index (κ3) is 2.87. The molecule has 0 aliphatic carbocycles. The number of hydrogen-bond acceptors (Lipinski definition) is 4. The van der Waals surface area contributed by atoms with Gasteiger partial charge in [-0.2, -0.15) is 0 Å². The molecule has 2 rings (SSSR count). The molecule has 7 nitrogen and oxygen atoms in total. The number of ketones is 1. The molecule has 0 unspecified atom stereocenters. The van der Waals surface area contributed by atoms with Gasteiger partial charge in [0.25, 0.3) is 0 Å². The second kappa shape index (κ2) is 6.33. The predicted octanol–water partition coefficient (Wildman–Crippen LogP) is 2.32. The fourth-order valence-electron chi connectivity index (χ4n) is 2.45. The maximum absolute atomic E-state index is 12.7. The van der Waals surface area contributed by atoms with Crippen LogP contribution in [0.1, 0.15) is 52.6 Å². The van der Waals surface area contributed by atoms with E-state index in [0.717, 1.165) is 6.07 Å². The van der Waals surface area contributed by atoms with E-state index in [4.69, 9.17) is 0 Å². The Morgan fingerprint density at radius 2 is 1.29 bits per heavy atom. The Bertz CT molecular complexity index is 866. The van der Waals surface area contributed by atoms with E-state index in [0.29, 0.717) is 0 Å². The van der Waals surface area contributed by atoms with Gasteiger partial charge in [0, 0.05) is 5.56 Å². The van der Waals surface area contributed by atoms with E-state index in [1.165, 1.54) is 31.2 Å². The molecule has 0 saturated carbocycles. The molecule has 0 bridgehead atoms. The summed E-state index contributed by atoms with van der Waals surface area (Å²) in [5, 5.41) is 28.0. The van der Waals surface area contributed by atoms with E-state index >= 15 is 0 Å². The van der Waals surface area contributed by atoms with Gasteiger partial charge in [0.2, 0.25) is 0 Å². The van der Waals surface area contributed by atoms with Crippen molar-refractivity contribution in [1.29, 1.82) is 0 Å². The Morgan fingerprint density at radius 1 is 0.750 bits per heavy atom. The van der Waals surface area contributed by atoms with E-state index in [2.05, 4.69) is 0 Å². The van der Waals surface area contributed by atoms with Crippen molar-refractivity contribution in [3.05, 3.63) is 69.8 Å². The molecule has 7 heteroatoms. The maximum Gasteiger partial charge on any atom is 0.337 e. The SMILES string of the molecule is Cc1cc(C(=O)O)c(C(=O)c2ccccc2)c(C(=O)O)c1C(=O)O. The highest BCUT2D eigenvalue weighted by Crippen LogP contribution is 2.26. The minimum absolute atomic E-state index is 0.0538. The van der Waals surface area contributed by atoms with Crippen LogP contribution in [0.25, 0.3) is 0 Å². The van der Waals surface area contributed by atoms with Gasteiger partial charge in [-0.05, 0) is 18.6 Å². The lowest BCUT2D eigenvalue weighted by Gasteiger charge is -2.14. The van der Waals surface area contributed by atoms with Crippen molar-refractivity contribution in [3.63, 3.8) is 0 Å². The molecular formula is C17H12O7. The number of carboxylic acids is 3. The van der Waals surface area contributed by atoms with Gasteiger partial charge in [-0.25, -0.2) is 14.4 Å². The highest BCUT2D eigenvalue weighted by Gasteiger charge is 2.31. The van der Waals surface area contributed by atoms with Crippen molar-refractivity contribution in [3.8, 4) is 0 Å². The minimum Gasteiger partial charge on any atom is -0.478 e. The van der Waals surface area contributed by atoms with Crippen LogP contribution in [0, 0.1) is 6.92 Å². The molecule has 0 radical (unpaired) electrons. The molecule has 0 aromatic heterocycles. The van der Waals surface area contributed by atoms with Crippen LogP contribution in [0.5, 0.6) is 0 Å². The summed E-state index contributed by atoms with van der Waals surface area (Å²) in [6.45, 7) is 1.28. The highest BCUT2D eigenvalue weighted by atomic mass is 16.4. The Kier molecular flexibility index (Phi) is 4.45. The number of carbonyl (C=O) groups is 4. The van der Waals surface area contributed by atoms with Crippen molar-refractivity contribution in [2.45, 2.75) is 6.92 Å². The van der Waals surface area contributed by atoms with Crippen LogP contribution in [0.3, 0.4) is 0 Å². The van der Waals surface area contributed by atoms with E-state index in [-0.39, 0.29) is 11.1 Å². The highest BCUT2D eigenvalue weighted by molar-refractivity contribution is 6.21. The van der Waals surface area contributed by atoms with Crippen molar-refractivity contribution in [2.75, 3.05) is 0 Å². The van der Waals surface area contributed by atoms with Crippen LogP contribution in [0.4, 0.5) is 0 Å². The summed E-state index contributed by atoms with van der Waals surface area (Å²) in [4.78, 5) is 47.2. The van der Waals surface area contributed by atoms with Gasteiger partial charge in [0.05, 0.1) is 22.3 Å². The van der Waals surface area contributed by atoms with Crippen LogP contribution >= 0.6 is 0 Å². The molecule has 0 atom stereocenters. The van der Waals surface area contributed by atoms with Gasteiger partial charge < -0.3 is 15.3 Å². The maximum atomic E-state index is 12.7. The third-order valence-corrected chi connectivity index (χ3v) is 3.45. The standard InChI is InChI=1S/C17H12O7/c1-8-7-10(15(19)20)12(13(17(23)24)11(8)16(21)22)14(18)9-5-3-2-4-6-9/h2-7H,1H3,(H,19,20)(H,21,22)(H,23,24). The van der Waals surface area contributed by atoms with Crippen LogP contribution in [-0.2, 0) is 0 Å². The second-order valence-electron chi connectivity index (χ2n) is 4.98. The normalized spacial score (nSPS) is 10.2. The molecule has 0 amide bonds. The van der Waals surface area contributed by atoms with E-state index in [1.54, 1.807) is 6.07 Å². The van der Waals surface area contributed by atoms with Gasteiger partial charge in [0.15, 0.2) is 5.78 Å². The Balaban J connectivity index is 2.93. The molecular weight excluding hydrogens is 316 g/mol. The Morgan fingerprint density at radius 3 is 1.75 bits per heavy atom. The quantitative estimate of drug-likeness (QED) is 0.718. The molecule has 0 saturated heterocycles. The topological polar surface area (TPSA) is 129 Å². The molecule has 122 valence electrons. The van der Waals surface area contributed by atoms with Crippen LogP contribution < -0.4 is 0 Å². The summed E-state index contributed by atoms with van der Waals surface area (Å²) in [6.07, 6.45) is 0. The molecule has 0 fully saturated rings. The number of carboxylic acid groups (broad SMARTS) is 3. The van der Waals surface area contributed by atoms with E-state index in [9.17, 15) is 34.5 Å². The van der Waals surface area contributed by atoms with Gasteiger partial charge in [-0.3, -0.25) is 4.79 Å². The summed E-state index contributed by atoms with van der Waals surface area (Å²) >= 11 is 0. The summed E-state index contributed by atoms with van der Waals surface area (Å²) in [5.74, 6) is -5.62. The van der Waals surface area contributed by atoms with Gasteiger partial charge >= 0.3 is 17.9 Å². The molecule has 3 N–H and O–H groups in total. The van der Waals surface area contributed by atoms with Crippen molar-refractivity contribution in [1.82, 2.24) is 0 Å². The monoisotopic (exact) mass is 328 g/mol. The summed E-state index contributed by atoms with van der Waals surface area (Å²) < 4.78 is 0. The lowest BCUT2D eigenvalue weighted by Crippen LogP contribution is -2.21. The molecule has 2 aromatic rings. The number of hydrogen-bond donors (Lipinski definition) is 3. The number of carbonyl (C=O) groups excluding carboxylic acids is 1. The fourth-order valence-corrected chi connectivity index (χ4v) is 2.45. The largest absolute Gasteiger partial charge is 0.478 e. The smallest absolute Gasteiger partial charge is 0.337 e. The van der Waals surface area contributed by atoms with Gasteiger partial charge in [-0.15, -0.1) is 0 Å². The average Bonchev–Trinajstić information content (AvgIpc) is 2.53. The molecule has 0 heterocycles. The first kappa shape index (κ1) is 16.9. The Hall–Kier alpha value is -3.48.